The van der Waals surface area contributed by atoms with Gasteiger partial charge < -0.3 is 20.1 Å². The fourth-order valence-corrected chi connectivity index (χ4v) is 6.12. The summed E-state index contributed by atoms with van der Waals surface area (Å²) in [6.07, 6.45) is 4.70. The minimum atomic E-state index is -4.71. The molecule has 232 valence electrons. The number of H-pyrrole nitrogens is 1. The van der Waals surface area contributed by atoms with E-state index in [2.05, 4.69) is 46.3 Å². The van der Waals surface area contributed by atoms with Crippen LogP contribution in [0.3, 0.4) is 0 Å². The Bertz CT molecular complexity index is 1630. The number of aliphatic hydroxyl groups is 1. The molecule has 0 bridgehead atoms. The van der Waals surface area contributed by atoms with E-state index in [1.54, 1.807) is 13.1 Å². The molecule has 2 fully saturated rings. The predicted molar refractivity (Wildman–Crippen MR) is 152 cm³/mol. The van der Waals surface area contributed by atoms with Crippen LogP contribution in [0.25, 0.3) is 22.3 Å². The fourth-order valence-electron chi connectivity index (χ4n) is 6.12. The van der Waals surface area contributed by atoms with Crippen molar-refractivity contribution < 1.29 is 23.0 Å². The molecule has 0 amide bonds. The number of alkyl halides is 3. The Balaban J connectivity index is 1.07. The van der Waals surface area contributed by atoms with Gasteiger partial charge in [0.2, 0.25) is 11.7 Å². The summed E-state index contributed by atoms with van der Waals surface area (Å²) in [4.78, 5) is 21.4. The van der Waals surface area contributed by atoms with E-state index in [0.717, 1.165) is 35.1 Å². The molecular formula is C29H33F3N10O2. The Labute approximate surface area is 251 Å². The lowest BCUT2D eigenvalue weighted by molar-refractivity contribution is -0.145. The quantitative estimate of drug-likeness (QED) is 0.243. The van der Waals surface area contributed by atoms with E-state index < -0.39 is 23.6 Å². The van der Waals surface area contributed by atoms with Crippen LogP contribution < -0.4 is 10.1 Å². The molecule has 12 nitrogen and oxygen atoms in total. The maximum atomic E-state index is 13.5. The van der Waals surface area contributed by atoms with Crippen LogP contribution in [0.4, 0.5) is 13.2 Å². The molecule has 6 rings (SSSR count). The van der Waals surface area contributed by atoms with Crippen molar-refractivity contribution in [2.24, 2.45) is 0 Å². The van der Waals surface area contributed by atoms with Crippen LogP contribution in [0.1, 0.15) is 50.5 Å². The number of nitriles is 1. The highest BCUT2D eigenvalue weighted by Gasteiger charge is 2.48. The van der Waals surface area contributed by atoms with Gasteiger partial charge in [-0.2, -0.15) is 28.5 Å². The van der Waals surface area contributed by atoms with Crippen molar-refractivity contribution in [2.45, 2.75) is 75.5 Å². The van der Waals surface area contributed by atoms with Crippen molar-refractivity contribution >= 4 is 11.0 Å². The number of hydrogen-bond acceptors (Lipinski definition) is 10. The first-order valence-corrected chi connectivity index (χ1v) is 14.6. The van der Waals surface area contributed by atoms with E-state index in [9.17, 15) is 23.5 Å². The smallest absolute Gasteiger partial charge is 0.451 e. The van der Waals surface area contributed by atoms with Crippen LogP contribution in [0.2, 0.25) is 0 Å². The molecule has 4 aromatic rings. The molecule has 3 N–H and O–H groups in total. The molecule has 1 atom stereocenters. The van der Waals surface area contributed by atoms with Crippen LogP contribution in [0.5, 0.6) is 5.88 Å². The highest BCUT2D eigenvalue weighted by Crippen LogP contribution is 2.39. The zero-order valence-electron chi connectivity index (χ0n) is 24.1. The average Bonchev–Trinajstić information content (AvgIpc) is 3.65. The first-order chi connectivity index (χ1) is 21.1. The van der Waals surface area contributed by atoms with Gasteiger partial charge in [-0.05, 0) is 38.7 Å². The maximum absolute atomic E-state index is 13.5. The van der Waals surface area contributed by atoms with E-state index in [1.165, 1.54) is 12.4 Å². The number of rotatable bonds is 10. The van der Waals surface area contributed by atoms with Crippen LogP contribution in [0.15, 0.2) is 37.1 Å². The van der Waals surface area contributed by atoms with Gasteiger partial charge in [0.15, 0.2) is 0 Å². The van der Waals surface area contributed by atoms with E-state index in [1.807, 2.05) is 23.1 Å². The van der Waals surface area contributed by atoms with Gasteiger partial charge in [-0.15, -0.1) is 0 Å². The van der Waals surface area contributed by atoms with Gasteiger partial charge in [-0.3, -0.25) is 9.58 Å². The summed E-state index contributed by atoms with van der Waals surface area (Å²) in [5.41, 5.74) is 2.07. The van der Waals surface area contributed by atoms with Gasteiger partial charge in [0, 0.05) is 61.6 Å². The van der Waals surface area contributed by atoms with Crippen molar-refractivity contribution in [3.05, 3.63) is 48.6 Å². The second-order valence-electron chi connectivity index (χ2n) is 11.6. The Morgan fingerprint density at radius 1 is 1.23 bits per heavy atom. The SMILES string of the molecule is C[C@H](O)CNCc1cc(OC2CCC(N3CC(CC#N)(n4cc(-c5ncnc6[nH]ccc56)cn4)C3)CC2)nc(C(F)(F)F)n1. The second kappa shape index (κ2) is 12.1. The Hall–Kier alpha value is -4.13. The van der Waals surface area contributed by atoms with Crippen molar-refractivity contribution in [1.82, 2.24) is 44.9 Å². The van der Waals surface area contributed by atoms with E-state index in [0.29, 0.717) is 32.4 Å². The lowest BCUT2D eigenvalue weighted by Crippen LogP contribution is -2.65. The maximum Gasteiger partial charge on any atom is 0.451 e. The molecule has 0 aromatic carbocycles. The third-order valence-electron chi connectivity index (χ3n) is 8.30. The molecule has 5 heterocycles. The first kappa shape index (κ1) is 29.9. The van der Waals surface area contributed by atoms with Crippen molar-refractivity contribution in [3.63, 3.8) is 0 Å². The van der Waals surface area contributed by atoms with Crippen LogP contribution >= 0.6 is 0 Å². The molecule has 1 aliphatic carbocycles. The minimum Gasteiger partial charge on any atom is -0.474 e. The molecule has 0 unspecified atom stereocenters. The van der Waals surface area contributed by atoms with Gasteiger partial charge in [0.05, 0.1) is 36.2 Å². The number of hydrogen-bond donors (Lipinski definition) is 3. The summed E-state index contributed by atoms with van der Waals surface area (Å²) in [5.74, 6) is -1.34. The molecule has 1 saturated carbocycles. The van der Waals surface area contributed by atoms with Gasteiger partial charge >= 0.3 is 6.18 Å². The highest BCUT2D eigenvalue weighted by molar-refractivity contribution is 5.90. The Morgan fingerprint density at radius 3 is 2.75 bits per heavy atom. The monoisotopic (exact) mass is 610 g/mol. The summed E-state index contributed by atoms with van der Waals surface area (Å²) in [6, 6.07) is 5.95. The molecule has 0 spiro atoms. The number of nitrogens with one attached hydrogen (secondary N) is 2. The standard InChI is InChI=1S/C29H33F3N10O2/c1-18(43)11-34-13-20-10-24(40-27(39-20)29(30,31)32)44-22-4-2-21(3-5-22)41-15-28(16-41,7-8-33)42-14-19(12-38-42)25-23-6-9-35-26(23)37-17-36-25/h6,9-10,12,14,17-18,21-22,34,43H,2-5,7,11,13,15-16H2,1H3,(H,35,36,37)/t18-,21?,22?/m0/s1. The number of aromatic amines is 1. The fraction of sp³-hybridized carbons (Fsp3) is 0.517. The lowest BCUT2D eigenvalue weighted by atomic mass is 9.82. The summed E-state index contributed by atoms with van der Waals surface area (Å²) in [7, 11) is 0. The first-order valence-electron chi connectivity index (χ1n) is 14.6. The molecule has 0 radical (unpaired) electrons. The molecule has 15 heteroatoms. The second-order valence-corrected chi connectivity index (χ2v) is 11.6. The van der Waals surface area contributed by atoms with Crippen molar-refractivity contribution in [3.8, 4) is 23.2 Å². The normalized spacial score (nSPS) is 21.1. The average molecular weight is 611 g/mol. The summed E-state index contributed by atoms with van der Waals surface area (Å²) < 4.78 is 48.2. The number of nitrogens with zero attached hydrogens (tertiary/aromatic N) is 8. The van der Waals surface area contributed by atoms with Crippen LogP contribution in [0, 0.1) is 11.3 Å². The number of likely N-dealkylation sites (tertiary alicyclic amines) is 1. The number of aromatic nitrogens is 7. The molecular weight excluding hydrogens is 577 g/mol. The molecule has 1 saturated heterocycles. The van der Waals surface area contributed by atoms with E-state index >= 15 is 0 Å². The third-order valence-corrected chi connectivity index (χ3v) is 8.30. The number of ether oxygens (including phenoxy) is 1. The molecule has 1 aliphatic heterocycles. The lowest BCUT2D eigenvalue weighted by Gasteiger charge is -2.53. The van der Waals surface area contributed by atoms with Crippen molar-refractivity contribution in [2.75, 3.05) is 19.6 Å². The Kier molecular flexibility index (Phi) is 8.23. The predicted octanol–water partition coefficient (Wildman–Crippen LogP) is 3.42. The van der Waals surface area contributed by atoms with Crippen molar-refractivity contribution in [1.29, 1.82) is 5.26 Å². The summed E-state index contributed by atoms with van der Waals surface area (Å²) in [5, 5.41) is 27.5. The number of fused-ring (bicyclic) bond motifs is 1. The zero-order chi connectivity index (χ0) is 30.9. The number of aliphatic hydroxyl groups excluding tert-OH is 1. The minimum absolute atomic E-state index is 0.0479. The van der Waals surface area contributed by atoms with Gasteiger partial charge in [0.25, 0.3) is 0 Å². The summed E-state index contributed by atoms with van der Waals surface area (Å²) >= 11 is 0. The highest BCUT2D eigenvalue weighted by atomic mass is 19.4. The van der Waals surface area contributed by atoms with Gasteiger partial charge in [-0.1, -0.05) is 0 Å². The zero-order valence-corrected chi connectivity index (χ0v) is 24.1. The topological polar surface area (TPSA) is 154 Å². The van der Waals surface area contributed by atoms with E-state index in [4.69, 9.17) is 4.74 Å². The molecule has 44 heavy (non-hydrogen) atoms. The van der Waals surface area contributed by atoms with Crippen LogP contribution in [-0.2, 0) is 18.3 Å². The van der Waals surface area contributed by atoms with Gasteiger partial charge in [-0.25, -0.2) is 15.0 Å². The summed E-state index contributed by atoms with van der Waals surface area (Å²) in [6.45, 7) is 3.19. The van der Waals surface area contributed by atoms with E-state index in [-0.39, 0.29) is 36.8 Å². The third kappa shape index (κ3) is 6.23. The molecule has 2 aliphatic rings. The van der Waals surface area contributed by atoms with Gasteiger partial charge in [0.1, 0.15) is 23.6 Å². The number of halogens is 3. The Morgan fingerprint density at radius 2 is 2.02 bits per heavy atom. The largest absolute Gasteiger partial charge is 0.474 e. The molecule has 4 aromatic heterocycles. The van der Waals surface area contributed by atoms with Crippen LogP contribution in [-0.4, -0.2) is 82.6 Å².